The van der Waals surface area contributed by atoms with Crippen LogP contribution in [-0.4, -0.2) is 61.0 Å². The fraction of sp³-hybridized carbons (Fsp3) is 0.462. The number of benzene rings is 1. The molecule has 0 aliphatic rings. The Hall–Kier alpha value is -1.29. The van der Waals surface area contributed by atoms with Gasteiger partial charge in [0.1, 0.15) is 11.8 Å². The first-order valence-corrected chi connectivity index (χ1v) is 8.56. The van der Waals surface area contributed by atoms with E-state index in [9.17, 15) is 18.3 Å². The van der Waals surface area contributed by atoms with E-state index < -0.39 is 28.6 Å². The normalized spacial score (nSPS) is 13.1. The SMILES string of the molecule is COc1ccc(S(=O)(=O)N(CCO)[C@@H](CCS)C(=O)O)cc1. The van der Waals surface area contributed by atoms with E-state index in [0.29, 0.717) is 5.75 Å². The summed E-state index contributed by atoms with van der Waals surface area (Å²) in [5, 5.41) is 18.3. The molecule has 0 aromatic heterocycles. The minimum absolute atomic E-state index is 0.0355. The first kappa shape index (κ1) is 18.8. The molecule has 0 radical (unpaired) electrons. The second-order valence-corrected chi connectivity index (χ2v) is 6.72. The van der Waals surface area contributed by atoms with Crippen molar-refractivity contribution in [3.8, 4) is 5.75 Å². The van der Waals surface area contributed by atoms with Crippen molar-refractivity contribution in [1.29, 1.82) is 0 Å². The highest BCUT2D eigenvalue weighted by molar-refractivity contribution is 7.89. The molecule has 1 rings (SSSR count). The molecule has 0 saturated heterocycles. The molecule has 0 spiro atoms. The third-order valence-electron chi connectivity index (χ3n) is 3.02. The van der Waals surface area contributed by atoms with Crippen LogP contribution < -0.4 is 4.74 Å². The van der Waals surface area contributed by atoms with E-state index in [2.05, 4.69) is 12.6 Å². The molecule has 1 atom stereocenters. The summed E-state index contributed by atoms with van der Waals surface area (Å²) in [7, 11) is -2.60. The lowest BCUT2D eigenvalue weighted by Gasteiger charge is -2.27. The first-order valence-electron chi connectivity index (χ1n) is 6.49. The smallest absolute Gasteiger partial charge is 0.322 e. The molecule has 0 saturated carbocycles. The minimum atomic E-state index is -4.05. The van der Waals surface area contributed by atoms with Crippen LogP contribution in [0.4, 0.5) is 0 Å². The van der Waals surface area contributed by atoms with Crippen LogP contribution in [0.2, 0.25) is 0 Å². The summed E-state index contributed by atoms with van der Waals surface area (Å²) < 4.78 is 31.0. The molecule has 0 aliphatic carbocycles. The monoisotopic (exact) mass is 349 g/mol. The zero-order chi connectivity index (χ0) is 16.8. The van der Waals surface area contributed by atoms with E-state index in [1.54, 1.807) is 0 Å². The standard InChI is InChI=1S/C13H19NO6S2/c1-20-10-2-4-11(5-3-10)22(18,19)14(7-8-15)12(6-9-21)13(16)17/h2-5,12,15,21H,6-9H2,1H3,(H,16,17)/t12-/m0/s1. The molecule has 0 unspecified atom stereocenters. The van der Waals surface area contributed by atoms with Gasteiger partial charge in [-0.3, -0.25) is 4.79 Å². The number of rotatable bonds is 9. The topological polar surface area (TPSA) is 104 Å². The molecule has 0 heterocycles. The molecule has 7 nitrogen and oxygen atoms in total. The lowest BCUT2D eigenvalue weighted by atomic mass is 10.2. The quantitative estimate of drug-likeness (QED) is 0.559. The van der Waals surface area contributed by atoms with E-state index in [-0.39, 0.29) is 23.6 Å². The number of hydrogen-bond donors (Lipinski definition) is 3. The number of nitrogens with zero attached hydrogens (tertiary/aromatic N) is 1. The van der Waals surface area contributed by atoms with E-state index in [0.717, 1.165) is 4.31 Å². The zero-order valence-corrected chi connectivity index (χ0v) is 13.8. The van der Waals surface area contributed by atoms with E-state index in [4.69, 9.17) is 9.84 Å². The second-order valence-electron chi connectivity index (χ2n) is 4.38. The fourth-order valence-corrected chi connectivity index (χ4v) is 3.79. The van der Waals surface area contributed by atoms with Crippen LogP contribution in [0.15, 0.2) is 29.2 Å². The number of thiol groups is 1. The average molecular weight is 349 g/mol. The number of aliphatic carboxylic acids is 1. The number of sulfonamides is 1. The van der Waals surface area contributed by atoms with Gasteiger partial charge >= 0.3 is 5.97 Å². The largest absolute Gasteiger partial charge is 0.497 e. The van der Waals surface area contributed by atoms with Gasteiger partial charge in [-0.2, -0.15) is 16.9 Å². The Bertz CT molecular complexity index is 587. The van der Waals surface area contributed by atoms with Gasteiger partial charge in [-0.15, -0.1) is 0 Å². The Labute approximate surface area is 135 Å². The number of ether oxygens (including phenoxy) is 1. The molecule has 22 heavy (non-hydrogen) atoms. The van der Waals surface area contributed by atoms with Crippen molar-refractivity contribution in [2.45, 2.75) is 17.4 Å². The van der Waals surface area contributed by atoms with Crippen molar-refractivity contribution in [3.05, 3.63) is 24.3 Å². The van der Waals surface area contributed by atoms with Gasteiger partial charge in [0, 0.05) is 6.54 Å². The Morgan fingerprint density at radius 3 is 2.36 bits per heavy atom. The predicted molar refractivity (Wildman–Crippen MR) is 83.9 cm³/mol. The van der Waals surface area contributed by atoms with Gasteiger partial charge in [-0.1, -0.05) is 0 Å². The van der Waals surface area contributed by atoms with Gasteiger partial charge in [0.15, 0.2) is 0 Å². The summed E-state index contributed by atoms with van der Waals surface area (Å²) in [5.74, 6) is -0.589. The van der Waals surface area contributed by atoms with Gasteiger partial charge in [0.05, 0.1) is 18.6 Å². The molecule has 0 amide bonds. The summed E-state index contributed by atoms with van der Waals surface area (Å²) in [6.07, 6.45) is 0.0355. The van der Waals surface area contributed by atoms with Crippen molar-refractivity contribution in [1.82, 2.24) is 4.31 Å². The number of aliphatic hydroxyl groups excluding tert-OH is 1. The van der Waals surface area contributed by atoms with Crippen molar-refractivity contribution < 1.29 is 28.2 Å². The number of carbonyl (C=O) groups is 1. The summed E-state index contributed by atoms with van der Waals surface area (Å²) in [6.45, 7) is -0.787. The molecule has 1 aromatic carbocycles. The lowest BCUT2D eigenvalue weighted by molar-refractivity contribution is -0.141. The van der Waals surface area contributed by atoms with Crippen LogP contribution >= 0.6 is 12.6 Å². The van der Waals surface area contributed by atoms with Crippen LogP contribution in [0.3, 0.4) is 0 Å². The third-order valence-corrected chi connectivity index (χ3v) is 5.20. The molecule has 1 aromatic rings. The number of carboxylic acids is 1. The Balaban J connectivity index is 3.23. The van der Waals surface area contributed by atoms with E-state index in [1.165, 1.54) is 31.4 Å². The maximum Gasteiger partial charge on any atom is 0.322 e. The average Bonchev–Trinajstić information content (AvgIpc) is 2.50. The van der Waals surface area contributed by atoms with Crippen molar-refractivity contribution >= 4 is 28.6 Å². The molecule has 0 fully saturated rings. The Kier molecular flexibility index (Phi) is 7.14. The summed E-state index contributed by atoms with van der Waals surface area (Å²) in [5.41, 5.74) is 0. The van der Waals surface area contributed by atoms with Crippen LogP contribution in [0.1, 0.15) is 6.42 Å². The third kappa shape index (κ3) is 4.35. The van der Waals surface area contributed by atoms with Crippen molar-refractivity contribution in [2.24, 2.45) is 0 Å². The fourth-order valence-electron chi connectivity index (χ4n) is 1.94. The highest BCUT2D eigenvalue weighted by atomic mass is 32.2. The van der Waals surface area contributed by atoms with Gasteiger partial charge in [-0.25, -0.2) is 8.42 Å². The highest BCUT2D eigenvalue weighted by Gasteiger charge is 2.35. The number of aliphatic hydroxyl groups is 1. The van der Waals surface area contributed by atoms with Crippen LogP contribution in [0.25, 0.3) is 0 Å². The second kappa shape index (κ2) is 8.37. The van der Waals surface area contributed by atoms with Crippen molar-refractivity contribution in [3.63, 3.8) is 0 Å². The maximum absolute atomic E-state index is 12.6. The molecular weight excluding hydrogens is 330 g/mol. The van der Waals surface area contributed by atoms with Gasteiger partial charge in [-0.05, 0) is 36.4 Å². The molecule has 124 valence electrons. The van der Waals surface area contributed by atoms with Gasteiger partial charge in [0.2, 0.25) is 10.0 Å². The predicted octanol–water partition coefficient (Wildman–Crippen LogP) is 0.451. The molecule has 0 bridgehead atoms. The van der Waals surface area contributed by atoms with Gasteiger partial charge in [0.25, 0.3) is 0 Å². The van der Waals surface area contributed by atoms with Gasteiger partial charge < -0.3 is 14.9 Å². The maximum atomic E-state index is 12.6. The van der Waals surface area contributed by atoms with Crippen LogP contribution in [0, 0.1) is 0 Å². The van der Waals surface area contributed by atoms with Crippen LogP contribution in [-0.2, 0) is 14.8 Å². The molecule has 9 heteroatoms. The Morgan fingerprint density at radius 2 is 1.95 bits per heavy atom. The number of methoxy groups -OCH3 is 1. The van der Waals surface area contributed by atoms with Crippen molar-refractivity contribution in [2.75, 3.05) is 26.0 Å². The lowest BCUT2D eigenvalue weighted by Crippen LogP contribution is -2.46. The Morgan fingerprint density at radius 1 is 1.36 bits per heavy atom. The number of carboxylic acid groups (broad SMARTS) is 1. The molecule has 2 N–H and O–H groups in total. The van der Waals surface area contributed by atoms with E-state index in [1.807, 2.05) is 0 Å². The first-order chi connectivity index (χ1) is 10.4. The highest BCUT2D eigenvalue weighted by Crippen LogP contribution is 2.22. The van der Waals surface area contributed by atoms with Crippen LogP contribution in [0.5, 0.6) is 5.75 Å². The zero-order valence-electron chi connectivity index (χ0n) is 12.0. The summed E-state index contributed by atoms with van der Waals surface area (Å²) in [6, 6.07) is 4.32. The summed E-state index contributed by atoms with van der Waals surface area (Å²) in [4.78, 5) is 11.3. The van der Waals surface area contributed by atoms with E-state index >= 15 is 0 Å². The molecule has 0 aliphatic heterocycles. The summed E-state index contributed by atoms with van der Waals surface area (Å²) >= 11 is 3.96. The number of hydrogen-bond acceptors (Lipinski definition) is 6. The minimum Gasteiger partial charge on any atom is -0.497 e. The molecular formula is C13H19NO6S2.